The van der Waals surface area contributed by atoms with Crippen LogP contribution in [0.25, 0.3) is 5.65 Å². The van der Waals surface area contributed by atoms with Crippen molar-refractivity contribution in [2.24, 2.45) is 0 Å². The molecule has 0 spiro atoms. The van der Waals surface area contributed by atoms with Gasteiger partial charge in [0.1, 0.15) is 0 Å². The lowest BCUT2D eigenvalue weighted by atomic mass is 10.1. The Labute approximate surface area is 205 Å². The van der Waals surface area contributed by atoms with Crippen molar-refractivity contribution < 1.29 is 9.59 Å². The van der Waals surface area contributed by atoms with Gasteiger partial charge in [-0.25, -0.2) is 4.79 Å². The molecule has 3 amide bonds. The second kappa shape index (κ2) is 9.53. The number of hydrogen-bond donors (Lipinski definition) is 0. The van der Waals surface area contributed by atoms with E-state index in [2.05, 4.69) is 32.1 Å². The van der Waals surface area contributed by atoms with Crippen molar-refractivity contribution in [2.45, 2.75) is 6.04 Å². The summed E-state index contributed by atoms with van der Waals surface area (Å²) in [7, 11) is 5.56. The lowest BCUT2D eigenvalue weighted by Gasteiger charge is -2.39. The smallest absolute Gasteiger partial charge is 0.319 e. The molecule has 2 fully saturated rings. The third kappa shape index (κ3) is 4.53. The van der Waals surface area contributed by atoms with Crippen molar-refractivity contribution in [1.82, 2.24) is 34.2 Å². The first-order valence-electron chi connectivity index (χ1n) is 12.0. The van der Waals surface area contributed by atoms with Gasteiger partial charge in [-0.1, -0.05) is 18.2 Å². The Hall–Kier alpha value is -3.66. The minimum absolute atomic E-state index is 0.0116. The molecule has 0 N–H and O–H groups in total. The van der Waals surface area contributed by atoms with Gasteiger partial charge in [-0.3, -0.25) is 14.1 Å². The maximum absolute atomic E-state index is 13.4. The maximum Gasteiger partial charge on any atom is 0.319 e. The molecule has 184 valence electrons. The molecule has 2 aromatic heterocycles. The molecule has 0 aliphatic carbocycles. The highest BCUT2D eigenvalue weighted by Crippen LogP contribution is 2.25. The Bertz CT molecular complexity index is 1200. The number of piperazine rings is 2. The van der Waals surface area contributed by atoms with E-state index in [9.17, 15) is 9.59 Å². The van der Waals surface area contributed by atoms with Crippen LogP contribution in [-0.2, 0) is 0 Å². The molecule has 2 saturated heterocycles. The van der Waals surface area contributed by atoms with E-state index in [1.54, 1.807) is 19.0 Å². The van der Waals surface area contributed by atoms with Crippen LogP contribution < -0.4 is 4.90 Å². The topological polar surface area (TPSA) is 80.5 Å². The van der Waals surface area contributed by atoms with Gasteiger partial charge in [-0.2, -0.15) is 0 Å². The third-order valence-electron chi connectivity index (χ3n) is 6.96. The van der Waals surface area contributed by atoms with E-state index in [-0.39, 0.29) is 18.0 Å². The number of pyridine rings is 1. The largest absolute Gasteiger partial charge is 0.368 e. The fourth-order valence-corrected chi connectivity index (χ4v) is 4.86. The number of aromatic nitrogens is 3. The van der Waals surface area contributed by atoms with Crippen molar-refractivity contribution >= 4 is 23.3 Å². The number of likely N-dealkylation sites (N-methyl/N-ethyl adjacent to an activating group) is 1. The summed E-state index contributed by atoms with van der Waals surface area (Å²) < 4.78 is 1.90. The number of urea groups is 1. The Morgan fingerprint density at radius 2 is 1.60 bits per heavy atom. The Morgan fingerprint density at radius 1 is 0.886 bits per heavy atom. The van der Waals surface area contributed by atoms with Crippen LogP contribution in [-0.4, -0.2) is 113 Å². The van der Waals surface area contributed by atoms with E-state index < -0.39 is 0 Å². The molecular weight excluding hydrogens is 444 g/mol. The fraction of sp³-hybridized carbons (Fsp3) is 0.440. The van der Waals surface area contributed by atoms with Gasteiger partial charge in [0.15, 0.2) is 11.5 Å². The second-order valence-corrected chi connectivity index (χ2v) is 9.44. The first-order chi connectivity index (χ1) is 16.9. The zero-order valence-electron chi connectivity index (χ0n) is 20.5. The van der Waals surface area contributed by atoms with Gasteiger partial charge < -0.3 is 19.6 Å². The molecule has 2 aliphatic rings. The normalized spacial score (nSPS) is 19.3. The lowest BCUT2D eigenvalue weighted by Crippen LogP contribution is -2.52. The molecule has 4 heterocycles. The minimum Gasteiger partial charge on any atom is -0.368 e. The van der Waals surface area contributed by atoms with Gasteiger partial charge in [0.2, 0.25) is 0 Å². The first kappa shape index (κ1) is 23.1. The number of anilines is 1. The van der Waals surface area contributed by atoms with Gasteiger partial charge in [0.05, 0.1) is 11.6 Å². The van der Waals surface area contributed by atoms with Gasteiger partial charge in [0, 0.05) is 71.8 Å². The average molecular weight is 477 g/mol. The Kier molecular flexibility index (Phi) is 6.29. The van der Waals surface area contributed by atoms with Gasteiger partial charge in [-0.15, -0.1) is 10.2 Å². The molecule has 2 aliphatic heterocycles. The standard InChI is InChI=1S/C25H32N8O2/c1-28(2)25(35)32-12-11-29(3)21(18-32)23-27-26-22-10-9-19(17-33(22)23)24(34)31-15-13-30(14-16-31)20-7-5-4-6-8-20/h4-10,17,21H,11-16,18H2,1-3H3/t21-/m0/s1. The minimum atomic E-state index is -0.109. The quantitative estimate of drug-likeness (QED) is 0.572. The van der Waals surface area contributed by atoms with Crippen LogP contribution in [0.3, 0.4) is 0 Å². The zero-order valence-corrected chi connectivity index (χ0v) is 20.5. The summed E-state index contributed by atoms with van der Waals surface area (Å²) >= 11 is 0. The molecular formula is C25H32N8O2. The van der Waals surface area contributed by atoms with Crippen LogP contribution in [0.4, 0.5) is 10.5 Å². The zero-order chi connectivity index (χ0) is 24.5. The fourth-order valence-electron chi connectivity index (χ4n) is 4.86. The van der Waals surface area contributed by atoms with Crippen molar-refractivity contribution in [3.63, 3.8) is 0 Å². The molecule has 5 rings (SSSR count). The molecule has 0 saturated carbocycles. The van der Waals surface area contributed by atoms with E-state index in [4.69, 9.17) is 0 Å². The van der Waals surface area contributed by atoms with Gasteiger partial charge >= 0.3 is 6.03 Å². The number of amides is 3. The highest BCUT2D eigenvalue weighted by molar-refractivity contribution is 5.94. The second-order valence-electron chi connectivity index (χ2n) is 9.44. The summed E-state index contributed by atoms with van der Waals surface area (Å²) in [6, 6.07) is 13.9. The highest BCUT2D eigenvalue weighted by atomic mass is 16.2. The summed E-state index contributed by atoms with van der Waals surface area (Å²) in [5, 5.41) is 8.78. The molecule has 10 heteroatoms. The molecule has 10 nitrogen and oxygen atoms in total. The van der Waals surface area contributed by atoms with E-state index >= 15 is 0 Å². The Morgan fingerprint density at radius 3 is 2.31 bits per heavy atom. The Balaban J connectivity index is 1.34. The van der Waals surface area contributed by atoms with Gasteiger partial charge in [-0.05, 0) is 31.3 Å². The molecule has 1 aromatic carbocycles. The highest BCUT2D eigenvalue weighted by Gasteiger charge is 2.32. The number of benzene rings is 1. The molecule has 0 bridgehead atoms. The number of nitrogens with zero attached hydrogens (tertiary/aromatic N) is 8. The van der Waals surface area contributed by atoms with Crippen LogP contribution in [0.15, 0.2) is 48.7 Å². The summed E-state index contributed by atoms with van der Waals surface area (Å²) in [5.41, 5.74) is 2.50. The SMILES string of the molecule is CN(C)C(=O)N1CCN(C)[C@H](c2nnc3ccc(C(=O)N4CCN(c5ccccc5)CC4)cn23)C1. The van der Waals surface area contributed by atoms with E-state index in [1.165, 1.54) is 5.69 Å². The van der Waals surface area contributed by atoms with Crippen LogP contribution in [0.5, 0.6) is 0 Å². The molecule has 1 atom stereocenters. The van der Waals surface area contributed by atoms with Crippen molar-refractivity contribution in [2.75, 3.05) is 71.9 Å². The number of fused-ring (bicyclic) bond motifs is 1. The van der Waals surface area contributed by atoms with Crippen LogP contribution >= 0.6 is 0 Å². The molecule has 35 heavy (non-hydrogen) atoms. The first-order valence-corrected chi connectivity index (χ1v) is 12.0. The van der Waals surface area contributed by atoms with Crippen molar-refractivity contribution in [1.29, 1.82) is 0 Å². The van der Waals surface area contributed by atoms with Crippen molar-refractivity contribution in [3.8, 4) is 0 Å². The van der Waals surface area contributed by atoms with Crippen LogP contribution in [0, 0.1) is 0 Å². The summed E-state index contributed by atoms with van der Waals surface area (Å²) in [4.78, 5) is 35.8. The van der Waals surface area contributed by atoms with Gasteiger partial charge in [0.25, 0.3) is 5.91 Å². The van der Waals surface area contributed by atoms with E-state index in [0.717, 1.165) is 25.5 Å². The number of para-hydroxylation sites is 1. The summed E-state index contributed by atoms with van der Waals surface area (Å²) in [5.74, 6) is 0.753. The maximum atomic E-state index is 13.4. The lowest BCUT2D eigenvalue weighted by molar-refractivity contribution is 0.0746. The molecule has 3 aromatic rings. The predicted octanol–water partition coefficient (Wildman–Crippen LogP) is 1.66. The third-order valence-corrected chi connectivity index (χ3v) is 6.96. The van der Waals surface area contributed by atoms with Crippen LogP contribution in [0.2, 0.25) is 0 Å². The molecule has 0 radical (unpaired) electrons. The summed E-state index contributed by atoms with van der Waals surface area (Å²) in [6.45, 7) is 4.88. The van der Waals surface area contributed by atoms with Crippen molar-refractivity contribution in [3.05, 3.63) is 60.0 Å². The predicted molar refractivity (Wildman–Crippen MR) is 134 cm³/mol. The monoisotopic (exact) mass is 476 g/mol. The van der Waals surface area contributed by atoms with E-state index in [0.29, 0.717) is 37.4 Å². The molecule has 0 unspecified atom stereocenters. The number of rotatable bonds is 3. The summed E-state index contributed by atoms with van der Waals surface area (Å²) in [6.07, 6.45) is 1.84. The average Bonchev–Trinajstić information content (AvgIpc) is 3.32. The number of hydrogen-bond acceptors (Lipinski definition) is 6. The number of carbonyl (C=O) groups excluding carboxylic acids is 2. The number of carbonyl (C=O) groups is 2. The van der Waals surface area contributed by atoms with Crippen LogP contribution in [0.1, 0.15) is 22.2 Å². The van der Waals surface area contributed by atoms with E-state index in [1.807, 2.05) is 57.8 Å².